The summed E-state index contributed by atoms with van der Waals surface area (Å²) < 4.78 is 29.3. The highest BCUT2D eigenvalue weighted by Crippen LogP contribution is 2.48. The average molecular weight is 628 g/mol. The first-order chi connectivity index (χ1) is 21.5. The van der Waals surface area contributed by atoms with E-state index in [2.05, 4.69) is 63.0 Å². The number of fused-ring (bicyclic) bond motifs is 1. The lowest BCUT2D eigenvalue weighted by molar-refractivity contribution is 0.0593. The molecule has 5 aromatic rings. The quantitative estimate of drug-likeness (QED) is 0.172. The fourth-order valence-electron chi connectivity index (χ4n) is 5.48. The predicted octanol–water partition coefficient (Wildman–Crippen LogP) is 7.53. The Morgan fingerprint density at radius 1 is 1.13 bits per heavy atom. The number of anilines is 2. The van der Waals surface area contributed by atoms with Crippen molar-refractivity contribution in [3.05, 3.63) is 88.6 Å². The first-order valence-corrected chi connectivity index (χ1v) is 15.0. The number of aromatic nitrogens is 6. The van der Waals surface area contributed by atoms with Gasteiger partial charge in [0.05, 0.1) is 46.4 Å². The van der Waals surface area contributed by atoms with Crippen LogP contribution in [-0.4, -0.2) is 43.1 Å². The molecule has 45 heavy (non-hydrogen) atoms. The van der Waals surface area contributed by atoms with Crippen molar-refractivity contribution < 1.29 is 8.78 Å². The lowest BCUT2D eigenvalue weighted by Gasteiger charge is -2.24. The van der Waals surface area contributed by atoms with Gasteiger partial charge in [0.1, 0.15) is 17.3 Å². The van der Waals surface area contributed by atoms with E-state index in [1.54, 1.807) is 24.7 Å². The molecule has 0 saturated heterocycles. The molecule has 1 aliphatic rings. The molecule has 2 N–H and O–H groups in total. The number of nitriles is 1. The molecular formula is C33H32ClF2N9. The average Bonchev–Trinajstić information content (AvgIpc) is 3.69. The van der Waals surface area contributed by atoms with Gasteiger partial charge in [-0.2, -0.15) is 15.5 Å². The number of nitrogens with zero attached hydrogens (tertiary/aromatic N) is 7. The van der Waals surface area contributed by atoms with Crippen molar-refractivity contribution in [2.75, 3.05) is 17.2 Å². The van der Waals surface area contributed by atoms with Crippen molar-refractivity contribution >= 4 is 33.9 Å². The summed E-state index contributed by atoms with van der Waals surface area (Å²) in [7, 11) is 0. The van der Waals surface area contributed by atoms with Gasteiger partial charge in [0, 0.05) is 29.4 Å². The van der Waals surface area contributed by atoms with Gasteiger partial charge < -0.3 is 10.6 Å². The molecule has 1 unspecified atom stereocenters. The third-order valence-electron chi connectivity index (χ3n) is 8.17. The lowest BCUT2D eigenvalue weighted by atomic mass is 9.92. The molecule has 3 heterocycles. The molecule has 2 aromatic carbocycles. The highest BCUT2D eigenvalue weighted by Gasteiger charge is 2.54. The van der Waals surface area contributed by atoms with Gasteiger partial charge in [-0.25, -0.2) is 13.5 Å². The second-order valence-corrected chi connectivity index (χ2v) is 13.1. The topological polar surface area (TPSA) is 117 Å². The molecule has 3 aromatic heterocycles. The van der Waals surface area contributed by atoms with Crippen LogP contribution in [0, 0.1) is 23.7 Å². The van der Waals surface area contributed by atoms with E-state index in [1.807, 2.05) is 37.3 Å². The second kappa shape index (κ2) is 11.7. The summed E-state index contributed by atoms with van der Waals surface area (Å²) in [6, 6.07) is 13.1. The normalized spacial score (nSPS) is 14.7. The first kappa shape index (κ1) is 30.3. The molecule has 9 nitrogen and oxygen atoms in total. The summed E-state index contributed by atoms with van der Waals surface area (Å²) in [4.78, 5) is 4.48. The molecule has 6 rings (SSSR count). The van der Waals surface area contributed by atoms with Gasteiger partial charge in [-0.1, -0.05) is 55.8 Å². The monoisotopic (exact) mass is 627 g/mol. The Hall–Kier alpha value is -4.69. The fourth-order valence-corrected chi connectivity index (χ4v) is 5.75. The van der Waals surface area contributed by atoms with E-state index in [0.29, 0.717) is 57.9 Å². The van der Waals surface area contributed by atoms with E-state index in [1.165, 1.54) is 10.9 Å². The Balaban J connectivity index is 1.48. The third-order valence-corrected chi connectivity index (χ3v) is 8.45. The van der Waals surface area contributed by atoms with Crippen molar-refractivity contribution in [3.8, 4) is 17.2 Å². The molecule has 1 saturated carbocycles. The number of benzene rings is 2. The van der Waals surface area contributed by atoms with Crippen LogP contribution in [-0.2, 0) is 5.54 Å². The molecule has 1 fully saturated rings. The largest absolute Gasteiger partial charge is 0.383 e. The molecule has 0 bridgehead atoms. The summed E-state index contributed by atoms with van der Waals surface area (Å²) in [6.45, 7) is 8.92. The molecule has 0 spiro atoms. The number of hydrogen-bond donors (Lipinski definition) is 2. The maximum Gasteiger partial charge on any atom is 0.263 e. The zero-order valence-electron chi connectivity index (χ0n) is 25.3. The van der Waals surface area contributed by atoms with Crippen LogP contribution in [0.25, 0.3) is 22.0 Å². The molecule has 0 radical (unpaired) electrons. The van der Waals surface area contributed by atoms with Crippen molar-refractivity contribution in [1.29, 1.82) is 5.26 Å². The molecule has 1 aliphatic carbocycles. The Kier molecular flexibility index (Phi) is 7.87. The van der Waals surface area contributed by atoms with Crippen LogP contribution in [0.5, 0.6) is 0 Å². The summed E-state index contributed by atoms with van der Waals surface area (Å²) in [5.41, 5.74) is 4.96. The number of nitrogens with one attached hydrogen (secondary N) is 2. The van der Waals surface area contributed by atoms with E-state index in [9.17, 15) is 14.0 Å². The molecule has 1 atom stereocenters. The van der Waals surface area contributed by atoms with Gasteiger partial charge in [0.2, 0.25) is 0 Å². The predicted molar refractivity (Wildman–Crippen MR) is 170 cm³/mol. The standard InChI is InChI=1S/C33H32ClF2N9/c1-19-23(20-8-11-40-41-16-20)6-5-7-24(19)30(27-17-45(44-43-27)33(9-10-33)31(35)36)42-22-12-25-28(39-18-32(2,3)4)21(14-37)15-38-29(25)26(34)13-22/h5-8,11-13,15-17,30-31,42H,9-10,18H2,1-4H3,(H,38,39). The minimum atomic E-state index is -2.55. The Bertz CT molecular complexity index is 1910. The van der Waals surface area contributed by atoms with Crippen molar-refractivity contribution in [3.63, 3.8) is 0 Å². The number of pyridine rings is 1. The number of hydrogen-bond acceptors (Lipinski definition) is 8. The van der Waals surface area contributed by atoms with E-state index in [0.717, 1.165) is 22.3 Å². The highest BCUT2D eigenvalue weighted by atomic mass is 35.5. The Morgan fingerprint density at radius 2 is 1.93 bits per heavy atom. The SMILES string of the molecule is Cc1c(-c2ccnnc2)cccc1C(Nc1cc(Cl)c2ncc(C#N)c(NCC(C)(C)C)c2c1)c1cn(C2(C(F)F)CC2)nn1. The molecule has 12 heteroatoms. The fraction of sp³-hybridized carbons (Fsp3) is 0.333. The third kappa shape index (κ3) is 5.90. The van der Waals surface area contributed by atoms with Crippen LogP contribution in [0.4, 0.5) is 20.2 Å². The van der Waals surface area contributed by atoms with Crippen LogP contribution >= 0.6 is 11.6 Å². The van der Waals surface area contributed by atoms with Crippen molar-refractivity contribution in [2.45, 2.75) is 58.5 Å². The van der Waals surface area contributed by atoms with E-state index < -0.39 is 18.0 Å². The van der Waals surface area contributed by atoms with Gasteiger partial charge in [0.15, 0.2) is 0 Å². The first-order valence-electron chi connectivity index (χ1n) is 14.6. The summed E-state index contributed by atoms with van der Waals surface area (Å²) in [5, 5.41) is 34.5. The number of halogens is 3. The van der Waals surface area contributed by atoms with Crippen LogP contribution in [0.1, 0.15) is 62.0 Å². The molecule has 0 aliphatic heterocycles. The lowest BCUT2D eigenvalue weighted by Crippen LogP contribution is -2.26. The molecular weight excluding hydrogens is 596 g/mol. The summed E-state index contributed by atoms with van der Waals surface area (Å²) >= 11 is 6.80. The summed E-state index contributed by atoms with van der Waals surface area (Å²) in [6.07, 6.45) is 4.58. The minimum Gasteiger partial charge on any atom is -0.383 e. The van der Waals surface area contributed by atoms with Crippen LogP contribution in [0.3, 0.4) is 0 Å². The minimum absolute atomic E-state index is 0.0527. The summed E-state index contributed by atoms with van der Waals surface area (Å²) in [5.74, 6) is 0. The van der Waals surface area contributed by atoms with Gasteiger partial charge in [-0.05, 0) is 60.1 Å². The Morgan fingerprint density at radius 3 is 2.60 bits per heavy atom. The van der Waals surface area contributed by atoms with E-state index >= 15 is 0 Å². The van der Waals surface area contributed by atoms with Crippen LogP contribution in [0.15, 0.2) is 61.2 Å². The Labute approximate surface area is 264 Å². The smallest absolute Gasteiger partial charge is 0.263 e. The van der Waals surface area contributed by atoms with E-state index in [-0.39, 0.29) is 5.41 Å². The van der Waals surface area contributed by atoms with Crippen molar-refractivity contribution in [2.24, 2.45) is 5.41 Å². The number of alkyl halides is 2. The zero-order valence-corrected chi connectivity index (χ0v) is 26.1. The maximum atomic E-state index is 14.0. The highest BCUT2D eigenvalue weighted by molar-refractivity contribution is 6.35. The molecule has 0 amide bonds. The zero-order chi connectivity index (χ0) is 31.9. The van der Waals surface area contributed by atoms with Crippen molar-refractivity contribution in [1.82, 2.24) is 30.2 Å². The van der Waals surface area contributed by atoms with Gasteiger partial charge in [-0.15, -0.1) is 5.10 Å². The van der Waals surface area contributed by atoms with E-state index in [4.69, 9.17) is 11.6 Å². The molecule has 230 valence electrons. The number of rotatable bonds is 9. The van der Waals surface area contributed by atoms with Crippen LogP contribution < -0.4 is 10.6 Å². The van der Waals surface area contributed by atoms with Crippen LogP contribution in [0.2, 0.25) is 5.02 Å². The second-order valence-electron chi connectivity index (χ2n) is 12.6. The maximum absolute atomic E-state index is 14.0. The van der Waals surface area contributed by atoms with Gasteiger partial charge in [0.25, 0.3) is 6.43 Å². The van der Waals surface area contributed by atoms with Gasteiger partial charge in [-0.3, -0.25) is 4.98 Å². The van der Waals surface area contributed by atoms with Gasteiger partial charge >= 0.3 is 0 Å².